The van der Waals surface area contributed by atoms with E-state index in [0.717, 1.165) is 5.56 Å². The van der Waals surface area contributed by atoms with Gasteiger partial charge in [0.05, 0.1) is 0 Å². The molecular formula is C17H15ClN4. The van der Waals surface area contributed by atoms with Crippen LogP contribution in [0.3, 0.4) is 0 Å². The van der Waals surface area contributed by atoms with Crippen LogP contribution in [0.2, 0.25) is 5.15 Å². The van der Waals surface area contributed by atoms with Crippen LogP contribution >= 0.6 is 11.6 Å². The number of nitrogens with zero attached hydrogens (tertiary/aromatic N) is 3. The van der Waals surface area contributed by atoms with Gasteiger partial charge in [-0.2, -0.15) is 0 Å². The first-order chi connectivity index (χ1) is 10.7. The second-order valence-electron chi connectivity index (χ2n) is 4.92. The summed E-state index contributed by atoms with van der Waals surface area (Å²) in [5.74, 6) is 1.29. The maximum absolute atomic E-state index is 6.11. The standard InChI is InChI=1S/C17H15ClN4/c1-12-4-2-3-5-14(12)11-20-16-10-15(18)21-17(22-16)13-6-8-19-9-7-13/h2-10H,11H2,1H3,(H,20,21,22). The number of aryl methyl sites for hydroxylation is 1. The van der Waals surface area contributed by atoms with Crippen molar-refractivity contribution in [3.05, 3.63) is 71.1 Å². The summed E-state index contributed by atoms with van der Waals surface area (Å²) in [6.07, 6.45) is 3.42. The van der Waals surface area contributed by atoms with Gasteiger partial charge in [-0.1, -0.05) is 35.9 Å². The Balaban J connectivity index is 1.83. The fourth-order valence-corrected chi connectivity index (χ4v) is 2.32. The average Bonchev–Trinajstić information content (AvgIpc) is 2.54. The van der Waals surface area contributed by atoms with Gasteiger partial charge in [0.25, 0.3) is 0 Å². The minimum atomic E-state index is 0.411. The average molecular weight is 311 g/mol. The molecule has 0 aliphatic heterocycles. The molecule has 0 atom stereocenters. The van der Waals surface area contributed by atoms with Crippen molar-refractivity contribution in [2.45, 2.75) is 13.5 Å². The number of nitrogens with one attached hydrogen (secondary N) is 1. The molecule has 22 heavy (non-hydrogen) atoms. The third-order valence-corrected chi connectivity index (χ3v) is 3.55. The Morgan fingerprint density at radius 1 is 1.05 bits per heavy atom. The summed E-state index contributed by atoms with van der Waals surface area (Å²) in [5, 5.41) is 3.71. The molecule has 3 rings (SSSR count). The highest BCUT2D eigenvalue weighted by Crippen LogP contribution is 2.20. The third-order valence-electron chi connectivity index (χ3n) is 3.35. The van der Waals surface area contributed by atoms with Gasteiger partial charge >= 0.3 is 0 Å². The number of anilines is 1. The molecule has 0 bridgehead atoms. The highest BCUT2D eigenvalue weighted by Gasteiger charge is 2.06. The van der Waals surface area contributed by atoms with Crippen molar-refractivity contribution in [2.75, 3.05) is 5.32 Å². The smallest absolute Gasteiger partial charge is 0.163 e. The Morgan fingerprint density at radius 3 is 2.59 bits per heavy atom. The lowest BCUT2D eigenvalue weighted by Crippen LogP contribution is -2.04. The van der Waals surface area contributed by atoms with Gasteiger partial charge in [-0.05, 0) is 30.2 Å². The molecule has 0 fully saturated rings. The molecule has 0 aliphatic carbocycles. The highest BCUT2D eigenvalue weighted by molar-refractivity contribution is 6.29. The molecule has 110 valence electrons. The first-order valence-corrected chi connectivity index (χ1v) is 7.33. The van der Waals surface area contributed by atoms with Gasteiger partial charge in [0.1, 0.15) is 11.0 Å². The second kappa shape index (κ2) is 6.54. The first-order valence-electron chi connectivity index (χ1n) is 6.96. The minimum Gasteiger partial charge on any atom is -0.366 e. The fraction of sp³-hybridized carbons (Fsp3) is 0.118. The van der Waals surface area contributed by atoms with Crippen LogP contribution < -0.4 is 5.32 Å². The van der Waals surface area contributed by atoms with E-state index in [-0.39, 0.29) is 0 Å². The van der Waals surface area contributed by atoms with Gasteiger partial charge in [0.2, 0.25) is 0 Å². The summed E-state index contributed by atoms with van der Waals surface area (Å²) in [5.41, 5.74) is 3.35. The SMILES string of the molecule is Cc1ccccc1CNc1cc(Cl)nc(-c2ccncc2)n1. The van der Waals surface area contributed by atoms with Crippen molar-refractivity contribution in [1.82, 2.24) is 15.0 Å². The van der Waals surface area contributed by atoms with Crippen LogP contribution in [0.25, 0.3) is 11.4 Å². The maximum atomic E-state index is 6.11. The van der Waals surface area contributed by atoms with E-state index in [9.17, 15) is 0 Å². The molecule has 1 N–H and O–H groups in total. The molecule has 4 nitrogen and oxygen atoms in total. The Bertz CT molecular complexity index is 775. The Hall–Kier alpha value is -2.46. The van der Waals surface area contributed by atoms with Crippen molar-refractivity contribution < 1.29 is 0 Å². The van der Waals surface area contributed by atoms with Crippen LogP contribution in [0, 0.1) is 6.92 Å². The molecule has 0 unspecified atom stereocenters. The number of hydrogen-bond acceptors (Lipinski definition) is 4. The lowest BCUT2D eigenvalue weighted by molar-refractivity contribution is 1.07. The predicted octanol–water partition coefficient (Wildman–Crippen LogP) is 4.11. The number of benzene rings is 1. The largest absolute Gasteiger partial charge is 0.366 e. The van der Waals surface area contributed by atoms with E-state index in [1.54, 1.807) is 18.5 Å². The Kier molecular flexibility index (Phi) is 4.30. The quantitative estimate of drug-likeness (QED) is 0.737. The third kappa shape index (κ3) is 3.40. The summed E-state index contributed by atoms with van der Waals surface area (Å²) >= 11 is 6.11. The number of rotatable bonds is 4. The van der Waals surface area contributed by atoms with Crippen molar-refractivity contribution in [2.24, 2.45) is 0 Å². The van der Waals surface area contributed by atoms with Gasteiger partial charge < -0.3 is 5.32 Å². The lowest BCUT2D eigenvalue weighted by atomic mass is 10.1. The van der Waals surface area contributed by atoms with E-state index in [0.29, 0.717) is 23.3 Å². The van der Waals surface area contributed by atoms with Gasteiger partial charge in [-0.15, -0.1) is 0 Å². The molecule has 5 heteroatoms. The first kappa shape index (κ1) is 14.5. The van der Waals surface area contributed by atoms with Crippen molar-refractivity contribution in [1.29, 1.82) is 0 Å². The van der Waals surface area contributed by atoms with Crippen LogP contribution in [0.1, 0.15) is 11.1 Å². The molecule has 3 aromatic rings. The van der Waals surface area contributed by atoms with E-state index in [4.69, 9.17) is 11.6 Å². The summed E-state index contributed by atoms with van der Waals surface area (Å²) < 4.78 is 0. The topological polar surface area (TPSA) is 50.7 Å². The van der Waals surface area contributed by atoms with Gasteiger partial charge in [-0.3, -0.25) is 4.98 Å². The van der Waals surface area contributed by atoms with E-state index < -0.39 is 0 Å². The lowest BCUT2D eigenvalue weighted by Gasteiger charge is -2.10. The molecule has 2 heterocycles. The summed E-state index contributed by atoms with van der Waals surface area (Å²) in [6, 6.07) is 13.7. The summed E-state index contributed by atoms with van der Waals surface area (Å²) in [6.45, 7) is 2.78. The van der Waals surface area contributed by atoms with E-state index in [2.05, 4.69) is 39.3 Å². The molecular weight excluding hydrogens is 296 g/mol. The van der Waals surface area contributed by atoms with Crippen molar-refractivity contribution in [3.63, 3.8) is 0 Å². The Labute approximate surface area is 134 Å². The molecule has 0 spiro atoms. The zero-order valence-corrected chi connectivity index (χ0v) is 12.9. The van der Waals surface area contributed by atoms with Crippen molar-refractivity contribution in [3.8, 4) is 11.4 Å². The summed E-state index contributed by atoms with van der Waals surface area (Å²) in [4.78, 5) is 12.8. The molecule has 0 saturated heterocycles. The van der Waals surface area contributed by atoms with E-state index in [1.807, 2.05) is 24.3 Å². The minimum absolute atomic E-state index is 0.411. The number of aromatic nitrogens is 3. The van der Waals surface area contributed by atoms with Gasteiger partial charge in [-0.25, -0.2) is 9.97 Å². The molecule has 0 saturated carbocycles. The molecule has 0 aliphatic rings. The number of hydrogen-bond donors (Lipinski definition) is 1. The molecule has 2 aromatic heterocycles. The highest BCUT2D eigenvalue weighted by atomic mass is 35.5. The van der Waals surface area contributed by atoms with Crippen LogP contribution in [0.5, 0.6) is 0 Å². The van der Waals surface area contributed by atoms with Crippen LogP contribution in [-0.4, -0.2) is 15.0 Å². The van der Waals surface area contributed by atoms with Gasteiger partial charge in [0, 0.05) is 30.6 Å². The normalized spacial score (nSPS) is 10.5. The van der Waals surface area contributed by atoms with Crippen molar-refractivity contribution >= 4 is 17.4 Å². The fourth-order valence-electron chi connectivity index (χ4n) is 2.13. The molecule has 0 amide bonds. The van der Waals surface area contributed by atoms with Crippen LogP contribution in [0.15, 0.2) is 54.9 Å². The zero-order chi connectivity index (χ0) is 15.4. The van der Waals surface area contributed by atoms with Gasteiger partial charge in [0.15, 0.2) is 5.82 Å². The molecule has 0 radical (unpaired) electrons. The number of pyridine rings is 1. The van der Waals surface area contributed by atoms with Crippen LogP contribution in [0.4, 0.5) is 5.82 Å². The second-order valence-corrected chi connectivity index (χ2v) is 5.30. The number of halogens is 1. The molecule has 1 aromatic carbocycles. The maximum Gasteiger partial charge on any atom is 0.163 e. The summed E-state index contributed by atoms with van der Waals surface area (Å²) in [7, 11) is 0. The van der Waals surface area contributed by atoms with E-state index in [1.165, 1.54) is 11.1 Å². The monoisotopic (exact) mass is 310 g/mol. The Morgan fingerprint density at radius 2 is 1.82 bits per heavy atom. The zero-order valence-electron chi connectivity index (χ0n) is 12.1. The van der Waals surface area contributed by atoms with E-state index >= 15 is 0 Å². The van der Waals surface area contributed by atoms with Crippen LogP contribution in [-0.2, 0) is 6.54 Å². The predicted molar refractivity (Wildman–Crippen MR) is 88.8 cm³/mol.